The Bertz CT molecular complexity index is 1840. The fourth-order valence-electron chi connectivity index (χ4n) is 7.85. The van der Waals surface area contributed by atoms with Crippen LogP contribution in [0.3, 0.4) is 0 Å². The van der Waals surface area contributed by atoms with E-state index >= 15 is 0 Å². The van der Waals surface area contributed by atoms with E-state index in [1.165, 1.54) is 18.7 Å². The SMILES string of the molecule is CCCC[C@H](NC(=O)[C@@H]1CCCN1C(=O)[C@H](CCCN=C(C)N)NC(=O)[C@H](CCC(N)=O)NC(=O)[C@@H](C)CO)C(=O)N[C@@H](CCCCN)C(=O)N[C@@H](CC(C)C)C(=O)N[C@@H](CC(C)C)C(=O)N[C@@H](C)C(N)=O. The lowest BCUT2D eigenvalue weighted by Gasteiger charge is -2.31. The van der Waals surface area contributed by atoms with Crippen molar-refractivity contribution in [3.05, 3.63) is 0 Å². The van der Waals surface area contributed by atoms with Crippen LogP contribution in [-0.2, 0) is 47.9 Å². The largest absolute Gasteiger partial charge is 0.396 e. The summed E-state index contributed by atoms with van der Waals surface area (Å²) >= 11 is 0. The van der Waals surface area contributed by atoms with Crippen molar-refractivity contribution in [1.82, 2.24) is 42.1 Å². The molecule has 0 aromatic heterocycles. The minimum absolute atomic E-state index is 0.0473. The summed E-state index contributed by atoms with van der Waals surface area (Å²) in [6.45, 7) is 13.9. The molecule has 0 bridgehead atoms. The maximum absolute atomic E-state index is 14.4. The molecular weight excluding hydrogens is 935 g/mol. The molecule has 0 spiro atoms. The summed E-state index contributed by atoms with van der Waals surface area (Å²) in [6, 6.07) is -9.11. The Morgan fingerprint density at radius 1 is 0.611 bits per heavy atom. The zero-order valence-electron chi connectivity index (χ0n) is 43.8. The topological polar surface area (TPSA) is 395 Å². The molecule has 9 atom stereocenters. The molecule has 0 aliphatic carbocycles. The van der Waals surface area contributed by atoms with Crippen molar-refractivity contribution in [3.8, 4) is 0 Å². The molecule has 0 aromatic rings. The molecule has 72 heavy (non-hydrogen) atoms. The van der Waals surface area contributed by atoms with E-state index in [0.29, 0.717) is 44.5 Å². The number of hydrogen-bond donors (Lipinski definition) is 12. The van der Waals surface area contributed by atoms with Crippen molar-refractivity contribution in [3.63, 3.8) is 0 Å². The number of aliphatic hydroxyl groups excluding tert-OH is 1. The molecule has 10 amide bonds. The second-order valence-electron chi connectivity index (χ2n) is 19.6. The molecule has 1 aliphatic heterocycles. The number of likely N-dealkylation sites (tertiary alicyclic amines) is 1. The van der Waals surface area contributed by atoms with Gasteiger partial charge < -0.3 is 70.2 Å². The average Bonchev–Trinajstić information content (AvgIpc) is 3.81. The fraction of sp³-hybridized carbons (Fsp3) is 0.771. The third-order valence-corrected chi connectivity index (χ3v) is 12.0. The standard InChI is InChI=1S/C48H87N13O11/c1-9-10-15-32(42(66)56-33(16-11-12-21-49)43(67)59-37(25-28(4)5)46(70)60-36(24-27(2)3)45(69)54-30(7)40(52)64)57-47(71)38-18-14-23-61(38)48(72)35(17-13-22-53-31(8)50)58-44(68)34(19-20-39(51)63)55-41(65)29(6)26-62/h27-30,32-38,62H,9-26,49H2,1-8H3,(H2,50,53)(H2,51,63)(H2,52,64)(H,54,69)(H,55,65)(H,56,66)(H,57,71)(H,58,68)(H,59,67)(H,60,70)/t29-,30-,32-,33-,34-,35-,36-,37-,38-/m0/s1. The third-order valence-electron chi connectivity index (χ3n) is 12.0. The molecule has 0 unspecified atom stereocenters. The van der Waals surface area contributed by atoms with Gasteiger partial charge in [-0.2, -0.15) is 0 Å². The van der Waals surface area contributed by atoms with Crippen molar-refractivity contribution in [2.45, 2.75) is 194 Å². The molecule has 16 N–H and O–H groups in total. The van der Waals surface area contributed by atoms with E-state index in [4.69, 9.17) is 22.9 Å². The Labute approximate surface area is 424 Å². The van der Waals surface area contributed by atoms with Crippen LogP contribution in [0.25, 0.3) is 0 Å². The minimum atomic E-state index is -1.30. The van der Waals surface area contributed by atoms with Gasteiger partial charge >= 0.3 is 0 Å². The van der Waals surface area contributed by atoms with Crippen molar-refractivity contribution in [2.24, 2.45) is 45.7 Å². The zero-order chi connectivity index (χ0) is 54.7. The molecule has 1 rings (SSSR count). The van der Waals surface area contributed by atoms with Crippen molar-refractivity contribution < 1.29 is 53.1 Å². The quantitative estimate of drug-likeness (QED) is 0.0192. The predicted octanol–water partition coefficient (Wildman–Crippen LogP) is -1.66. The number of amidine groups is 1. The molecule has 1 saturated heterocycles. The summed E-state index contributed by atoms with van der Waals surface area (Å²) in [4.78, 5) is 139. The lowest BCUT2D eigenvalue weighted by molar-refractivity contribution is -0.143. The lowest BCUT2D eigenvalue weighted by atomic mass is 9.99. The van der Waals surface area contributed by atoms with Gasteiger partial charge in [0.1, 0.15) is 48.3 Å². The monoisotopic (exact) mass is 1020 g/mol. The lowest BCUT2D eigenvalue weighted by Crippen LogP contribution is -2.60. The van der Waals surface area contributed by atoms with Gasteiger partial charge in [0, 0.05) is 19.5 Å². The zero-order valence-corrected chi connectivity index (χ0v) is 43.8. The second-order valence-corrected chi connectivity index (χ2v) is 19.6. The number of aliphatic hydroxyl groups is 1. The first-order valence-corrected chi connectivity index (χ1v) is 25.4. The summed E-state index contributed by atoms with van der Waals surface area (Å²) in [5.74, 6) is -7.55. The van der Waals surface area contributed by atoms with Gasteiger partial charge in [0.05, 0.1) is 18.4 Å². The van der Waals surface area contributed by atoms with Crippen molar-refractivity contribution in [1.29, 1.82) is 0 Å². The van der Waals surface area contributed by atoms with Gasteiger partial charge in [-0.15, -0.1) is 0 Å². The van der Waals surface area contributed by atoms with Gasteiger partial charge in [0.2, 0.25) is 59.1 Å². The Balaban J connectivity index is 3.47. The highest BCUT2D eigenvalue weighted by Crippen LogP contribution is 2.21. The summed E-state index contributed by atoms with van der Waals surface area (Å²) < 4.78 is 0. The fourth-order valence-corrected chi connectivity index (χ4v) is 7.85. The third kappa shape index (κ3) is 24.0. The first kappa shape index (κ1) is 64.1. The second kappa shape index (κ2) is 33.7. The van der Waals surface area contributed by atoms with Gasteiger partial charge in [-0.1, -0.05) is 54.4 Å². The van der Waals surface area contributed by atoms with Crippen LogP contribution in [0.5, 0.6) is 0 Å². The van der Waals surface area contributed by atoms with Gasteiger partial charge in [0.15, 0.2) is 0 Å². The highest BCUT2D eigenvalue weighted by molar-refractivity contribution is 5.98. The molecule has 1 heterocycles. The van der Waals surface area contributed by atoms with Crippen LogP contribution >= 0.6 is 0 Å². The van der Waals surface area contributed by atoms with E-state index in [1.54, 1.807) is 6.92 Å². The minimum Gasteiger partial charge on any atom is -0.396 e. The van der Waals surface area contributed by atoms with Crippen LogP contribution in [0, 0.1) is 17.8 Å². The maximum atomic E-state index is 14.4. The molecule has 1 fully saturated rings. The molecule has 0 radical (unpaired) electrons. The summed E-state index contributed by atoms with van der Waals surface area (Å²) in [7, 11) is 0. The van der Waals surface area contributed by atoms with E-state index in [2.05, 4.69) is 42.2 Å². The molecular formula is C48H87N13O11. The smallest absolute Gasteiger partial charge is 0.245 e. The van der Waals surface area contributed by atoms with Crippen molar-refractivity contribution >= 4 is 64.9 Å². The van der Waals surface area contributed by atoms with E-state index in [-0.39, 0.29) is 82.7 Å². The van der Waals surface area contributed by atoms with Crippen LogP contribution in [-0.4, -0.2) is 149 Å². The van der Waals surface area contributed by atoms with E-state index in [0.717, 1.165) is 0 Å². The summed E-state index contributed by atoms with van der Waals surface area (Å²) in [5, 5.41) is 28.3. The highest BCUT2D eigenvalue weighted by Gasteiger charge is 2.40. The number of amides is 10. The number of primary amides is 2. The summed E-state index contributed by atoms with van der Waals surface area (Å²) in [6.07, 6.45) is 3.27. The normalized spacial score (nSPS) is 17.0. The van der Waals surface area contributed by atoms with Crippen molar-refractivity contribution in [2.75, 3.05) is 26.2 Å². The van der Waals surface area contributed by atoms with Crippen LogP contribution < -0.4 is 60.2 Å². The highest BCUT2D eigenvalue weighted by atomic mass is 16.3. The molecule has 0 saturated carbocycles. The van der Waals surface area contributed by atoms with Crippen LogP contribution in [0.2, 0.25) is 0 Å². The van der Waals surface area contributed by atoms with E-state index < -0.39 is 120 Å². The van der Waals surface area contributed by atoms with Gasteiger partial charge in [-0.05, 0) is 103 Å². The number of nitrogens with zero attached hydrogens (tertiary/aromatic N) is 2. The molecule has 1 aliphatic rings. The molecule has 410 valence electrons. The number of nitrogens with one attached hydrogen (secondary N) is 7. The van der Waals surface area contributed by atoms with Crippen LogP contribution in [0.4, 0.5) is 0 Å². The van der Waals surface area contributed by atoms with Gasteiger partial charge in [0.25, 0.3) is 0 Å². The maximum Gasteiger partial charge on any atom is 0.245 e. The Hall–Kier alpha value is -5.91. The predicted molar refractivity (Wildman–Crippen MR) is 271 cm³/mol. The van der Waals surface area contributed by atoms with Gasteiger partial charge in [-0.25, -0.2) is 0 Å². The van der Waals surface area contributed by atoms with E-state index in [1.807, 2.05) is 34.6 Å². The van der Waals surface area contributed by atoms with E-state index in [9.17, 15) is 53.1 Å². The average molecular weight is 1020 g/mol. The van der Waals surface area contributed by atoms with Gasteiger partial charge in [-0.3, -0.25) is 52.9 Å². The first-order chi connectivity index (χ1) is 33.9. The Morgan fingerprint density at radius 2 is 1.08 bits per heavy atom. The van der Waals surface area contributed by atoms with Crippen LogP contribution in [0.15, 0.2) is 4.99 Å². The number of nitrogens with two attached hydrogens (primary N) is 4. The molecule has 24 heteroatoms. The number of rotatable bonds is 35. The number of hydrogen-bond acceptors (Lipinski definition) is 13. The Morgan fingerprint density at radius 3 is 1.58 bits per heavy atom. The first-order valence-electron chi connectivity index (χ1n) is 25.4. The number of carbonyl (C=O) groups excluding carboxylic acids is 10. The molecule has 24 nitrogen and oxygen atoms in total. The molecule has 0 aromatic carbocycles. The number of unbranched alkanes of at least 4 members (excludes halogenated alkanes) is 2. The number of aliphatic imine (C=N–C) groups is 1. The summed E-state index contributed by atoms with van der Waals surface area (Å²) in [5.41, 5.74) is 22.2. The number of carbonyl (C=O) groups is 10. The Kier molecular flexibility index (Phi) is 30.0. The van der Waals surface area contributed by atoms with Crippen LogP contribution in [0.1, 0.15) is 145 Å².